The lowest BCUT2D eigenvalue weighted by Crippen LogP contribution is -2.15. The first-order valence-corrected chi connectivity index (χ1v) is 9.05. The SMILES string of the molecule is O=C(Cc1ccccc1F)Nc1onc(-c2cccc(Cl)c2)c1-c1ccncn1. The molecule has 1 N–H and O–H groups in total. The molecule has 0 saturated carbocycles. The Bertz CT molecular complexity index is 1160. The third kappa shape index (κ3) is 4.14. The predicted octanol–water partition coefficient (Wildman–Crippen LogP) is 4.77. The van der Waals surface area contributed by atoms with Crippen molar-refractivity contribution in [3.63, 3.8) is 0 Å². The highest BCUT2D eigenvalue weighted by atomic mass is 35.5. The number of amides is 1. The van der Waals surface area contributed by atoms with E-state index in [4.69, 9.17) is 16.1 Å². The Kier molecular flexibility index (Phi) is 5.31. The van der Waals surface area contributed by atoms with E-state index < -0.39 is 11.7 Å². The van der Waals surface area contributed by atoms with E-state index in [0.29, 0.717) is 27.5 Å². The predicted molar refractivity (Wildman–Crippen MR) is 107 cm³/mol. The van der Waals surface area contributed by atoms with Gasteiger partial charge in [0.25, 0.3) is 0 Å². The fourth-order valence-electron chi connectivity index (χ4n) is 2.87. The number of benzene rings is 2. The van der Waals surface area contributed by atoms with Crippen LogP contribution in [0.2, 0.25) is 5.02 Å². The number of hydrogen-bond donors (Lipinski definition) is 1. The van der Waals surface area contributed by atoms with Crippen molar-refractivity contribution >= 4 is 23.4 Å². The lowest BCUT2D eigenvalue weighted by Gasteiger charge is -2.06. The van der Waals surface area contributed by atoms with Crippen LogP contribution < -0.4 is 5.32 Å². The van der Waals surface area contributed by atoms with Crippen molar-refractivity contribution in [1.82, 2.24) is 15.1 Å². The topological polar surface area (TPSA) is 80.9 Å². The maximum atomic E-state index is 13.9. The summed E-state index contributed by atoms with van der Waals surface area (Å²) in [6, 6.07) is 14.8. The molecule has 29 heavy (non-hydrogen) atoms. The third-order valence-corrected chi connectivity index (χ3v) is 4.43. The summed E-state index contributed by atoms with van der Waals surface area (Å²) in [5, 5.41) is 7.29. The van der Waals surface area contributed by atoms with Gasteiger partial charge < -0.3 is 4.52 Å². The van der Waals surface area contributed by atoms with Crippen LogP contribution in [0.1, 0.15) is 5.56 Å². The van der Waals surface area contributed by atoms with Crippen LogP contribution in [0, 0.1) is 5.82 Å². The zero-order valence-corrected chi connectivity index (χ0v) is 15.7. The molecule has 0 aliphatic heterocycles. The molecule has 0 fully saturated rings. The summed E-state index contributed by atoms with van der Waals surface area (Å²) in [5.41, 5.74) is 2.44. The molecule has 0 aliphatic carbocycles. The van der Waals surface area contributed by atoms with E-state index >= 15 is 0 Å². The zero-order chi connectivity index (χ0) is 20.2. The molecule has 2 aromatic heterocycles. The Hall–Kier alpha value is -3.58. The quantitative estimate of drug-likeness (QED) is 0.514. The minimum atomic E-state index is -0.448. The van der Waals surface area contributed by atoms with E-state index in [2.05, 4.69) is 20.4 Å². The lowest BCUT2D eigenvalue weighted by atomic mass is 10.0. The summed E-state index contributed by atoms with van der Waals surface area (Å²) >= 11 is 6.10. The molecule has 0 aliphatic rings. The molecule has 2 heterocycles. The van der Waals surface area contributed by atoms with Crippen LogP contribution in [-0.2, 0) is 11.2 Å². The number of aromatic nitrogens is 3. The fourth-order valence-corrected chi connectivity index (χ4v) is 3.06. The van der Waals surface area contributed by atoms with Crippen LogP contribution in [-0.4, -0.2) is 21.0 Å². The molecule has 6 nitrogen and oxygen atoms in total. The van der Waals surface area contributed by atoms with Gasteiger partial charge in [-0.1, -0.05) is 47.1 Å². The summed E-state index contributed by atoms with van der Waals surface area (Å²) in [6.07, 6.45) is 2.81. The molecule has 0 saturated heterocycles. The second kappa shape index (κ2) is 8.20. The molecule has 0 atom stereocenters. The van der Waals surface area contributed by atoms with Gasteiger partial charge in [0.15, 0.2) is 0 Å². The van der Waals surface area contributed by atoms with Crippen molar-refractivity contribution in [2.75, 3.05) is 5.32 Å². The van der Waals surface area contributed by atoms with Crippen molar-refractivity contribution in [3.8, 4) is 22.5 Å². The van der Waals surface area contributed by atoms with Crippen LogP contribution in [0.4, 0.5) is 10.3 Å². The highest BCUT2D eigenvalue weighted by Gasteiger charge is 2.22. The number of hydrogen-bond acceptors (Lipinski definition) is 5. The maximum absolute atomic E-state index is 13.9. The van der Waals surface area contributed by atoms with Gasteiger partial charge in [0.05, 0.1) is 17.7 Å². The minimum absolute atomic E-state index is 0.111. The molecule has 144 valence electrons. The molecule has 2 aromatic carbocycles. The Balaban J connectivity index is 1.70. The first-order chi connectivity index (χ1) is 14.1. The van der Waals surface area contributed by atoms with Crippen molar-refractivity contribution in [1.29, 1.82) is 0 Å². The maximum Gasteiger partial charge on any atom is 0.241 e. The Morgan fingerprint density at radius 3 is 2.76 bits per heavy atom. The summed E-state index contributed by atoms with van der Waals surface area (Å²) in [5.74, 6) is -0.782. The van der Waals surface area contributed by atoms with Crippen LogP contribution in [0.25, 0.3) is 22.5 Å². The van der Waals surface area contributed by atoms with Gasteiger partial charge in [-0.3, -0.25) is 10.1 Å². The number of nitrogens with one attached hydrogen (secondary N) is 1. The molecule has 4 rings (SSSR count). The Morgan fingerprint density at radius 2 is 2.00 bits per heavy atom. The monoisotopic (exact) mass is 408 g/mol. The van der Waals surface area contributed by atoms with E-state index in [1.165, 1.54) is 12.4 Å². The molecule has 1 amide bonds. The van der Waals surface area contributed by atoms with Gasteiger partial charge in [-0.15, -0.1) is 0 Å². The standard InChI is InChI=1S/C21H14ClFN4O2/c22-15-6-3-5-14(10-15)20-19(17-8-9-24-12-25-17)21(29-27-20)26-18(28)11-13-4-1-2-7-16(13)23/h1-10,12H,11H2,(H,26,28). The third-order valence-electron chi connectivity index (χ3n) is 4.19. The van der Waals surface area contributed by atoms with Gasteiger partial charge >= 0.3 is 0 Å². The van der Waals surface area contributed by atoms with Crippen LogP contribution in [0.3, 0.4) is 0 Å². The second-order valence-electron chi connectivity index (χ2n) is 6.16. The zero-order valence-electron chi connectivity index (χ0n) is 15.0. The molecular formula is C21H14ClFN4O2. The number of rotatable bonds is 5. The number of carbonyl (C=O) groups excluding carboxylic acids is 1. The largest absolute Gasteiger partial charge is 0.337 e. The molecule has 0 bridgehead atoms. The van der Waals surface area contributed by atoms with Gasteiger partial charge in [-0.25, -0.2) is 14.4 Å². The second-order valence-corrected chi connectivity index (χ2v) is 6.59. The highest BCUT2D eigenvalue weighted by Crippen LogP contribution is 2.37. The smallest absolute Gasteiger partial charge is 0.241 e. The van der Waals surface area contributed by atoms with Gasteiger partial charge in [-0.05, 0) is 29.8 Å². The summed E-state index contributed by atoms with van der Waals surface area (Å²) in [4.78, 5) is 20.7. The van der Waals surface area contributed by atoms with E-state index in [1.807, 2.05) is 6.07 Å². The van der Waals surface area contributed by atoms with Gasteiger partial charge in [0.2, 0.25) is 11.8 Å². The van der Waals surface area contributed by atoms with Crippen LogP contribution >= 0.6 is 11.6 Å². The highest BCUT2D eigenvalue weighted by molar-refractivity contribution is 6.30. The molecule has 0 spiro atoms. The van der Waals surface area contributed by atoms with Gasteiger partial charge in [0.1, 0.15) is 17.8 Å². The molecule has 8 heteroatoms. The Morgan fingerprint density at radius 1 is 1.14 bits per heavy atom. The van der Waals surface area contributed by atoms with E-state index in [1.54, 1.807) is 48.7 Å². The normalized spacial score (nSPS) is 10.7. The molecule has 4 aromatic rings. The lowest BCUT2D eigenvalue weighted by molar-refractivity contribution is -0.115. The number of halogens is 2. The summed E-state index contributed by atoms with van der Waals surface area (Å²) in [6.45, 7) is 0. The molecule has 0 radical (unpaired) electrons. The fraction of sp³-hybridized carbons (Fsp3) is 0.0476. The van der Waals surface area contributed by atoms with E-state index in [-0.39, 0.29) is 17.9 Å². The minimum Gasteiger partial charge on any atom is -0.337 e. The van der Waals surface area contributed by atoms with Crippen molar-refractivity contribution in [3.05, 3.63) is 83.5 Å². The molecular weight excluding hydrogens is 395 g/mol. The van der Waals surface area contributed by atoms with Crippen molar-refractivity contribution in [2.45, 2.75) is 6.42 Å². The number of carbonyl (C=O) groups is 1. The van der Waals surface area contributed by atoms with Crippen molar-refractivity contribution < 1.29 is 13.7 Å². The number of nitrogens with zero attached hydrogens (tertiary/aromatic N) is 3. The van der Waals surface area contributed by atoms with Crippen molar-refractivity contribution in [2.24, 2.45) is 0 Å². The summed E-state index contributed by atoms with van der Waals surface area (Å²) in [7, 11) is 0. The van der Waals surface area contributed by atoms with E-state index in [9.17, 15) is 9.18 Å². The van der Waals surface area contributed by atoms with Gasteiger partial charge in [0, 0.05) is 16.8 Å². The van der Waals surface area contributed by atoms with E-state index in [0.717, 1.165) is 0 Å². The average molecular weight is 409 g/mol. The first kappa shape index (κ1) is 18.8. The van der Waals surface area contributed by atoms with Crippen LogP contribution in [0.15, 0.2) is 71.6 Å². The van der Waals surface area contributed by atoms with Crippen LogP contribution in [0.5, 0.6) is 0 Å². The first-order valence-electron chi connectivity index (χ1n) is 8.67. The Labute approximate surface area is 170 Å². The number of anilines is 1. The summed E-state index contributed by atoms with van der Waals surface area (Å²) < 4.78 is 19.3. The average Bonchev–Trinajstić information content (AvgIpc) is 3.14. The van der Waals surface area contributed by atoms with Gasteiger partial charge in [-0.2, -0.15) is 0 Å². The molecule has 0 unspecified atom stereocenters.